The van der Waals surface area contributed by atoms with E-state index in [1.807, 2.05) is 5.92 Å². The summed E-state index contributed by atoms with van der Waals surface area (Å²) in [5.41, 5.74) is 0. The first-order chi connectivity index (χ1) is 5.07. The second kappa shape index (κ2) is 4.28. The third kappa shape index (κ3) is 3.92. The Labute approximate surface area is 63.2 Å². The van der Waals surface area contributed by atoms with Crippen LogP contribution in [0.3, 0.4) is 0 Å². The first kappa shape index (κ1) is 9.43. The highest BCUT2D eigenvalue weighted by atomic mass is 16.6. The van der Waals surface area contributed by atoms with Gasteiger partial charge in [0.15, 0.2) is 0 Å². The SMILES string of the molecule is C#CCC(CC(=O)O)[N+](=O)[O-]. The van der Waals surface area contributed by atoms with Crippen LogP contribution < -0.4 is 0 Å². The van der Waals surface area contributed by atoms with Crippen molar-refractivity contribution in [2.45, 2.75) is 18.9 Å². The van der Waals surface area contributed by atoms with Crippen LogP contribution >= 0.6 is 0 Å². The molecule has 1 atom stereocenters. The summed E-state index contributed by atoms with van der Waals surface area (Å²) in [6, 6.07) is -1.16. The van der Waals surface area contributed by atoms with Crippen LogP contribution in [0.1, 0.15) is 12.8 Å². The average Bonchev–Trinajstić information content (AvgIpc) is 1.86. The van der Waals surface area contributed by atoms with Gasteiger partial charge in [0, 0.05) is 4.92 Å². The van der Waals surface area contributed by atoms with Crippen molar-refractivity contribution in [1.82, 2.24) is 0 Å². The van der Waals surface area contributed by atoms with E-state index >= 15 is 0 Å². The molecule has 60 valence electrons. The molecule has 0 aliphatic heterocycles. The highest BCUT2D eigenvalue weighted by molar-refractivity contribution is 5.67. The molecule has 0 bridgehead atoms. The summed E-state index contributed by atoms with van der Waals surface area (Å²) in [4.78, 5) is 19.4. The van der Waals surface area contributed by atoms with E-state index in [0.717, 1.165) is 0 Å². The topological polar surface area (TPSA) is 80.4 Å². The smallest absolute Gasteiger partial charge is 0.310 e. The molecule has 11 heavy (non-hydrogen) atoms. The number of carbonyl (C=O) groups is 1. The molecule has 0 amide bonds. The summed E-state index contributed by atoms with van der Waals surface area (Å²) in [5, 5.41) is 18.3. The molecule has 5 nitrogen and oxygen atoms in total. The maximum Gasteiger partial charge on any atom is 0.310 e. The maximum absolute atomic E-state index is 10.1. The molecule has 0 radical (unpaired) electrons. The van der Waals surface area contributed by atoms with Crippen LogP contribution in [0.25, 0.3) is 0 Å². The van der Waals surface area contributed by atoms with Crippen LogP contribution in [-0.4, -0.2) is 22.0 Å². The normalized spacial score (nSPS) is 11.5. The van der Waals surface area contributed by atoms with E-state index < -0.39 is 23.4 Å². The van der Waals surface area contributed by atoms with Gasteiger partial charge in [-0.15, -0.1) is 6.42 Å². The third-order valence-electron chi connectivity index (χ3n) is 1.06. The van der Waals surface area contributed by atoms with Crippen LogP contribution in [0.5, 0.6) is 0 Å². The lowest BCUT2D eigenvalue weighted by atomic mass is 10.1. The molecule has 0 rings (SSSR count). The zero-order chi connectivity index (χ0) is 8.85. The molecule has 0 saturated carbocycles. The number of hydrogen-bond acceptors (Lipinski definition) is 3. The van der Waals surface area contributed by atoms with Crippen molar-refractivity contribution in [3.8, 4) is 12.3 Å². The summed E-state index contributed by atoms with van der Waals surface area (Å²) >= 11 is 0. The van der Waals surface area contributed by atoms with Gasteiger partial charge < -0.3 is 5.11 Å². The Morgan fingerprint density at radius 1 is 1.82 bits per heavy atom. The Balaban J connectivity index is 4.02. The van der Waals surface area contributed by atoms with Crippen LogP contribution in [0.15, 0.2) is 0 Å². The van der Waals surface area contributed by atoms with Gasteiger partial charge in [0.1, 0.15) is 6.42 Å². The van der Waals surface area contributed by atoms with Crippen molar-refractivity contribution in [1.29, 1.82) is 0 Å². The van der Waals surface area contributed by atoms with Crippen molar-refractivity contribution in [2.75, 3.05) is 0 Å². The molecule has 0 aromatic heterocycles. The van der Waals surface area contributed by atoms with Gasteiger partial charge in [0.2, 0.25) is 6.04 Å². The molecule has 0 heterocycles. The lowest BCUT2D eigenvalue weighted by Gasteiger charge is -2.00. The average molecular weight is 157 g/mol. The fraction of sp³-hybridized carbons (Fsp3) is 0.500. The molecule has 0 aromatic carbocycles. The Morgan fingerprint density at radius 2 is 2.36 bits per heavy atom. The predicted octanol–water partition coefficient (Wildman–Crippen LogP) is 0.130. The second-order valence-electron chi connectivity index (χ2n) is 1.95. The van der Waals surface area contributed by atoms with E-state index in [-0.39, 0.29) is 6.42 Å². The molecular weight excluding hydrogens is 150 g/mol. The minimum absolute atomic E-state index is 0.140. The molecular formula is C6H7NO4. The van der Waals surface area contributed by atoms with Crippen molar-refractivity contribution >= 4 is 5.97 Å². The molecule has 1 unspecified atom stereocenters. The van der Waals surface area contributed by atoms with Crippen molar-refractivity contribution < 1.29 is 14.8 Å². The van der Waals surface area contributed by atoms with Gasteiger partial charge in [-0.25, -0.2) is 0 Å². The molecule has 0 saturated heterocycles. The van der Waals surface area contributed by atoms with Gasteiger partial charge in [0.25, 0.3) is 0 Å². The Hall–Kier alpha value is -1.57. The first-order valence-electron chi connectivity index (χ1n) is 2.86. The largest absolute Gasteiger partial charge is 0.481 e. The van der Waals surface area contributed by atoms with Crippen molar-refractivity contribution in [3.05, 3.63) is 10.1 Å². The van der Waals surface area contributed by atoms with Gasteiger partial charge in [-0.05, 0) is 0 Å². The summed E-state index contributed by atoms with van der Waals surface area (Å²) in [5.74, 6) is 0.843. The van der Waals surface area contributed by atoms with Gasteiger partial charge in [-0.3, -0.25) is 14.9 Å². The fourth-order valence-corrected chi connectivity index (χ4v) is 0.559. The number of carboxylic acids is 1. The Bertz CT molecular complexity index is 205. The number of carboxylic acid groups (broad SMARTS) is 1. The van der Waals surface area contributed by atoms with Gasteiger partial charge >= 0.3 is 5.97 Å². The Morgan fingerprint density at radius 3 is 2.64 bits per heavy atom. The Kier molecular flexibility index (Phi) is 3.67. The predicted molar refractivity (Wildman–Crippen MR) is 36.5 cm³/mol. The summed E-state index contributed by atoms with van der Waals surface area (Å²) in [7, 11) is 0. The summed E-state index contributed by atoms with van der Waals surface area (Å²) in [6.45, 7) is 0. The van der Waals surface area contributed by atoms with Crippen LogP contribution in [0.4, 0.5) is 0 Å². The highest BCUT2D eigenvalue weighted by Gasteiger charge is 2.21. The highest BCUT2D eigenvalue weighted by Crippen LogP contribution is 2.01. The third-order valence-corrected chi connectivity index (χ3v) is 1.06. The minimum atomic E-state index is -1.21. The van der Waals surface area contributed by atoms with E-state index in [0.29, 0.717) is 0 Å². The zero-order valence-corrected chi connectivity index (χ0v) is 5.69. The van der Waals surface area contributed by atoms with E-state index in [9.17, 15) is 14.9 Å². The number of rotatable bonds is 4. The van der Waals surface area contributed by atoms with Gasteiger partial charge in [-0.2, -0.15) is 0 Å². The quantitative estimate of drug-likeness (QED) is 0.357. The summed E-state index contributed by atoms with van der Waals surface area (Å²) < 4.78 is 0. The van der Waals surface area contributed by atoms with Gasteiger partial charge in [-0.1, -0.05) is 5.92 Å². The summed E-state index contributed by atoms with van der Waals surface area (Å²) in [6.07, 6.45) is 4.14. The van der Waals surface area contributed by atoms with Crippen LogP contribution in [-0.2, 0) is 4.79 Å². The van der Waals surface area contributed by atoms with Crippen molar-refractivity contribution in [3.63, 3.8) is 0 Å². The van der Waals surface area contributed by atoms with E-state index in [1.165, 1.54) is 0 Å². The molecule has 0 aromatic rings. The maximum atomic E-state index is 10.1. The van der Waals surface area contributed by atoms with E-state index in [1.54, 1.807) is 0 Å². The fourth-order valence-electron chi connectivity index (χ4n) is 0.559. The number of hydrogen-bond donors (Lipinski definition) is 1. The first-order valence-corrected chi connectivity index (χ1v) is 2.86. The standard InChI is InChI=1S/C6H7NO4/c1-2-3-5(7(10)11)4-6(8)9/h1,5H,3-4H2,(H,8,9). The molecule has 0 aliphatic carbocycles. The lowest BCUT2D eigenvalue weighted by Crippen LogP contribution is -2.22. The van der Waals surface area contributed by atoms with E-state index in [2.05, 4.69) is 0 Å². The number of nitrogens with zero attached hydrogens (tertiary/aromatic N) is 1. The minimum Gasteiger partial charge on any atom is -0.481 e. The monoisotopic (exact) mass is 157 g/mol. The molecule has 0 aliphatic rings. The molecule has 1 N–H and O–H groups in total. The molecule has 0 fully saturated rings. The van der Waals surface area contributed by atoms with Gasteiger partial charge in [0.05, 0.1) is 6.42 Å². The molecule has 0 spiro atoms. The zero-order valence-electron chi connectivity index (χ0n) is 5.69. The molecule has 5 heteroatoms. The van der Waals surface area contributed by atoms with Crippen LogP contribution in [0.2, 0.25) is 0 Å². The lowest BCUT2D eigenvalue weighted by molar-refractivity contribution is -0.520. The van der Waals surface area contributed by atoms with Crippen molar-refractivity contribution in [2.24, 2.45) is 0 Å². The number of aliphatic carboxylic acids is 1. The number of nitro groups is 1. The van der Waals surface area contributed by atoms with Crippen LogP contribution in [0, 0.1) is 22.5 Å². The van der Waals surface area contributed by atoms with E-state index in [4.69, 9.17) is 11.5 Å². The number of terminal acetylenes is 1. The second-order valence-corrected chi connectivity index (χ2v) is 1.95.